The molecule has 0 radical (unpaired) electrons. The normalized spacial score (nSPS) is 15.3. The van der Waals surface area contributed by atoms with E-state index in [-0.39, 0.29) is 5.91 Å². The molecule has 0 spiro atoms. The average molecular weight is 385 g/mol. The first kappa shape index (κ1) is 18.1. The molecule has 1 aromatic heterocycles. The average Bonchev–Trinajstić information content (AvgIpc) is 3.22. The summed E-state index contributed by atoms with van der Waals surface area (Å²) in [4.78, 5) is 23.4. The maximum Gasteiger partial charge on any atom is 0.254 e. The highest BCUT2D eigenvalue weighted by Crippen LogP contribution is 2.34. The third kappa shape index (κ3) is 3.46. The Labute approximate surface area is 162 Å². The Morgan fingerprint density at radius 3 is 2.82 bits per heavy atom. The second-order valence-electron chi connectivity index (χ2n) is 6.34. The van der Waals surface area contributed by atoms with Gasteiger partial charge in [0.05, 0.1) is 32.7 Å². The predicted molar refractivity (Wildman–Crippen MR) is 107 cm³/mol. The van der Waals surface area contributed by atoms with Gasteiger partial charge in [0.2, 0.25) is 5.95 Å². The highest BCUT2D eigenvalue weighted by Gasteiger charge is 2.21. The van der Waals surface area contributed by atoms with Crippen molar-refractivity contribution in [2.24, 2.45) is 0 Å². The van der Waals surface area contributed by atoms with Crippen LogP contribution in [0.15, 0.2) is 18.2 Å². The van der Waals surface area contributed by atoms with Crippen molar-refractivity contribution in [1.82, 2.24) is 14.9 Å². The lowest BCUT2D eigenvalue weighted by Crippen LogP contribution is -2.40. The third-order valence-electron chi connectivity index (χ3n) is 4.66. The van der Waals surface area contributed by atoms with E-state index in [0.29, 0.717) is 61.7 Å². The van der Waals surface area contributed by atoms with Crippen LogP contribution in [0, 0.1) is 0 Å². The highest BCUT2D eigenvalue weighted by molar-refractivity contribution is 5.95. The van der Waals surface area contributed by atoms with Crippen LogP contribution in [0.4, 0.5) is 29.0 Å². The molecule has 28 heavy (non-hydrogen) atoms. The Kier molecular flexibility index (Phi) is 5.02. The minimum Gasteiger partial charge on any atom is -0.495 e. The fourth-order valence-corrected chi connectivity index (χ4v) is 3.21. The number of carbonyl (C=O) groups excluding carboxylic acids is 1. The molecule has 1 fully saturated rings. The van der Waals surface area contributed by atoms with E-state index >= 15 is 0 Å². The minimum absolute atomic E-state index is 0.0327. The maximum atomic E-state index is 12.7. The largest absolute Gasteiger partial charge is 0.495 e. The summed E-state index contributed by atoms with van der Waals surface area (Å²) in [5.74, 6) is 2.34. The van der Waals surface area contributed by atoms with Crippen molar-refractivity contribution in [1.29, 1.82) is 0 Å². The number of morpholine rings is 1. The van der Waals surface area contributed by atoms with Crippen molar-refractivity contribution in [2.75, 3.05) is 68.4 Å². The number of carbonyl (C=O) groups is 1. The van der Waals surface area contributed by atoms with Gasteiger partial charge in [-0.3, -0.25) is 4.79 Å². The Morgan fingerprint density at radius 1 is 1.25 bits per heavy atom. The molecule has 2 aliphatic heterocycles. The second-order valence-corrected chi connectivity index (χ2v) is 6.34. The number of rotatable bonds is 5. The van der Waals surface area contributed by atoms with E-state index in [1.807, 2.05) is 0 Å². The summed E-state index contributed by atoms with van der Waals surface area (Å²) in [6.07, 6.45) is 0. The van der Waals surface area contributed by atoms with Crippen molar-refractivity contribution in [3.05, 3.63) is 23.8 Å². The minimum atomic E-state index is -0.0327. The summed E-state index contributed by atoms with van der Waals surface area (Å²) in [7, 11) is 3.37. The van der Waals surface area contributed by atoms with Gasteiger partial charge in [-0.1, -0.05) is 0 Å². The van der Waals surface area contributed by atoms with Gasteiger partial charge in [-0.2, -0.15) is 9.97 Å². The molecule has 0 atom stereocenters. The summed E-state index contributed by atoms with van der Waals surface area (Å²) in [5, 5.41) is 12.6. The summed E-state index contributed by atoms with van der Waals surface area (Å²) in [6.45, 7) is 2.92. The molecule has 0 saturated carbocycles. The number of nitrogens with zero attached hydrogens (tertiary/aromatic N) is 3. The first-order valence-corrected chi connectivity index (χ1v) is 9.09. The number of nitrogens with one attached hydrogen (secondary N) is 4. The second kappa shape index (κ2) is 7.77. The number of benzene rings is 1. The van der Waals surface area contributed by atoms with Crippen LogP contribution < -0.4 is 26.0 Å². The number of aromatic nitrogens is 2. The van der Waals surface area contributed by atoms with Crippen LogP contribution in [-0.2, 0) is 4.74 Å². The van der Waals surface area contributed by atoms with Crippen LogP contribution in [-0.4, -0.2) is 67.9 Å². The predicted octanol–water partition coefficient (Wildman–Crippen LogP) is 1.54. The zero-order chi connectivity index (χ0) is 19.5. The molecule has 1 saturated heterocycles. The van der Waals surface area contributed by atoms with E-state index in [2.05, 4.69) is 31.2 Å². The number of hydrogen-bond donors (Lipinski definition) is 4. The van der Waals surface area contributed by atoms with Crippen LogP contribution in [0.2, 0.25) is 0 Å². The number of hydrogen-bond acceptors (Lipinski definition) is 9. The van der Waals surface area contributed by atoms with Crippen molar-refractivity contribution < 1.29 is 14.3 Å². The fourth-order valence-electron chi connectivity index (χ4n) is 3.21. The maximum absolute atomic E-state index is 12.7. The van der Waals surface area contributed by atoms with Crippen LogP contribution in [0.25, 0.3) is 0 Å². The topological polar surface area (TPSA) is 113 Å². The van der Waals surface area contributed by atoms with Crippen LogP contribution >= 0.6 is 0 Å². The quantitative estimate of drug-likeness (QED) is 0.609. The molecule has 0 aliphatic carbocycles. The van der Waals surface area contributed by atoms with E-state index in [1.165, 1.54) is 0 Å². The van der Waals surface area contributed by atoms with Crippen molar-refractivity contribution in [2.45, 2.75) is 0 Å². The van der Waals surface area contributed by atoms with Crippen LogP contribution in [0.5, 0.6) is 5.75 Å². The SMILES string of the molecule is CNc1nc(Nc2ccc(C(=O)N3CCOCC3)cc2OC)nc2c1NCN2. The van der Waals surface area contributed by atoms with Gasteiger partial charge in [0.1, 0.15) is 11.4 Å². The molecule has 0 bridgehead atoms. The van der Waals surface area contributed by atoms with Gasteiger partial charge in [0.25, 0.3) is 5.91 Å². The van der Waals surface area contributed by atoms with E-state index < -0.39 is 0 Å². The molecule has 4 N–H and O–H groups in total. The Bertz CT molecular complexity index is 884. The van der Waals surface area contributed by atoms with Gasteiger partial charge in [-0.15, -0.1) is 0 Å². The number of fused-ring (bicyclic) bond motifs is 1. The molecule has 3 heterocycles. The van der Waals surface area contributed by atoms with Crippen LogP contribution in [0.3, 0.4) is 0 Å². The van der Waals surface area contributed by atoms with E-state index in [4.69, 9.17) is 9.47 Å². The van der Waals surface area contributed by atoms with Crippen molar-refractivity contribution in [3.8, 4) is 5.75 Å². The number of methoxy groups -OCH3 is 1. The summed E-state index contributed by atoms with van der Waals surface area (Å²) in [5.41, 5.74) is 2.08. The van der Waals surface area contributed by atoms with Crippen LogP contribution in [0.1, 0.15) is 10.4 Å². The Morgan fingerprint density at radius 2 is 2.07 bits per heavy atom. The third-order valence-corrected chi connectivity index (χ3v) is 4.66. The number of amides is 1. The molecular formula is C18H23N7O3. The van der Waals surface area contributed by atoms with Gasteiger partial charge >= 0.3 is 0 Å². The molecule has 0 unspecified atom stereocenters. The standard InChI is InChI=1S/C18H23N7O3/c1-19-15-14-16(21-10-20-14)24-18(23-15)22-12-4-3-11(9-13(12)27-2)17(26)25-5-7-28-8-6-25/h3-4,9,20H,5-8,10H2,1-2H3,(H3,19,21,22,23,24). The summed E-state index contributed by atoms with van der Waals surface area (Å²) < 4.78 is 10.8. The van der Waals surface area contributed by atoms with Crippen molar-refractivity contribution >= 4 is 34.9 Å². The number of ether oxygens (including phenoxy) is 2. The van der Waals surface area contributed by atoms with Gasteiger partial charge in [-0.25, -0.2) is 0 Å². The summed E-state index contributed by atoms with van der Waals surface area (Å²) >= 11 is 0. The first-order chi connectivity index (χ1) is 13.7. The van der Waals surface area contributed by atoms with Gasteiger partial charge in [-0.05, 0) is 18.2 Å². The smallest absolute Gasteiger partial charge is 0.254 e. The zero-order valence-electron chi connectivity index (χ0n) is 15.8. The lowest BCUT2D eigenvalue weighted by Gasteiger charge is -2.27. The highest BCUT2D eigenvalue weighted by atomic mass is 16.5. The fraction of sp³-hybridized carbons (Fsp3) is 0.389. The van der Waals surface area contributed by atoms with Crippen molar-refractivity contribution in [3.63, 3.8) is 0 Å². The molecule has 10 heteroatoms. The molecule has 2 aromatic rings. The molecule has 148 valence electrons. The lowest BCUT2D eigenvalue weighted by molar-refractivity contribution is 0.0302. The van der Waals surface area contributed by atoms with E-state index in [1.54, 1.807) is 37.3 Å². The van der Waals surface area contributed by atoms with Gasteiger partial charge in [0.15, 0.2) is 11.6 Å². The van der Waals surface area contributed by atoms with E-state index in [0.717, 1.165) is 11.5 Å². The van der Waals surface area contributed by atoms with E-state index in [9.17, 15) is 4.79 Å². The first-order valence-electron chi connectivity index (χ1n) is 9.09. The van der Waals surface area contributed by atoms with Gasteiger partial charge in [0, 0.05) is 25.7 Å². The molecule has 1 aromatic carbocycles. The van der Waals surface area contributed by atoms with Gasteiger partial charge < -0.3 is 35.6 Å². The molecular weight excluding hydrogens is 362 g/mol. The lowest BCUT2D eigenvalue weighted by atomic mass is 10.1. The summed E-state index contributed by atoms with van der Waals surface area (Å²) in [6, 6.07) is 5.30. The molecule has 10 nitrogen and oxygen atoms in total. The molecule has 1 amide bonds. The number of anilines is 5. The Hall–Kier alpha value is -3.27. The zero-order valence-corrected chi connectivity index (χ0v) is 15.8. The molecule has 4 rings (SSSR count). The Balaban J connectivity index is 1.58. The monoisotopic (exact) mass is 385 g/mol. The molecule has 2 aliphatic rings.